The van der Waals surface area contributed by atoms with Crippen molar-refractivity contribution in [2.24, 2.45) is 5.92 Å². The number of hydrogen-bond donors (Lipinski definition) is 1. The smallest absolute Gasteiger partial charge is 0.251 e. The zero-order chi connectivity index (χ0) is 18.6. The highest BCUT2D eigenvalue weighted by molar-refractivity contribution is 7.89. The number of ether oxygens (including phenoxy) is 1. The Morgan fingerprint density at radius 1 is 1.28 bits per heavy atom. The summed E-state index contributed by atoms with van der Waals surface area (Å²) in [4.78, 5) is 12.5. The highest BCUT2D eigenvalue weighted by atomic mass is 32.2. The van der Waals surface area contributed by atoms with Gasteiger partial charge in [-0.3, -0.25) is 4.79 Å². The SMILES string of the molecule is Cc1cc(C(=O)NCCCOCC2CC2)cc(S(=O)(=O)N(C)C)c1C. The summed E-state index contributed by atoms with van der Waals surface area (Å²) in [6, 6.07) is 3.18. The second-order valence-corrected chi connectivity index (χ2v) is 8.95. The molecule has 1 aromatic rings. The Balaban J connectivity index is 1.98. The summed E-state index contributed by atoms with van der Waals surface area (Å²) in [5.74, 6) is 0.475. The Kier molecular flexibility index (Phi) is 6.59. The molecule has 1 saturated carbocycles. The molecular weight excluding hydrogens is 340 g/mol. The lowest BCUT2D eigenvalue weighted by atomic mass is 10.1. The Hall–Kier alpha value is -1.44. The summed E-state index contributed by atoms with van der Waals surface area (Å²) < 4.78 is 31.6. The summed E-state index contributed by atoms with van der Waals surface area (Å²) >= 11 is 0. The van der Waals surface area contributed by atoms with Crippen LogP contribution in [0.1, 0.15) is 40.7 Å². The van der Waals surface area contributed by atoms with Crippen LogP contribution in [0.4, 0.5) is 0 Å². The Morgan fingerprint density at radius 2 is 1.96 bits per heavy atom. The lowest BCUT2D eigenvalue weighted by molar-refractivity contribution is 0.0937. The van der Waals surface area contributed by atoms with Gasteiger partial charge < -0.3 is 10.1 Å². The van der Waals surface area contributed by atoms with Crippen molar-refractivity contribution in [2.45, 2.75) is 38.0 Å². The van der Waals surface area contributed by atoms with Crippen LogP contribution in [0.2, 0.25) is 0 Å². The second-order valence-electron chi connectivity index (χ2n) is 6.83. The number of nitrogens with one attached hydrogen (secondary N) is 1. The van der Waals surface area contributed by atoms with Crippen molar-refractivity contribution in [3.05, 3.63) is 28.8 Å². The van der Waals surface area contributed by atoms with Crippen molar-refractivity contribution in [2.75, 3.05) is 33.9 Å². The van der Waals surface area contributed by atoms with Crippen molar-refractivity contribution < 1.29 is 17.9 Å². The van der Waals surface area contributed by atoms with Crippen LogP contribution in [0.3, 0.4) is 0 Å². The van der Waals surface area contributed by atoms with Crippen molar-refractivity contribution in [3.63, 3.8) is 0 Å². The third kappa shape index (κ3) is 5.26. The van der Waals surface area contributed by atoms with Crippen LogP contribution in [0, 0.1) is 19.8 Å². The van der Waals surface area contributed by atoms with Gasteiger partial charge in [-0.2, -0.15) is 0 Å². The van der Waals surface area contributed by atoms with Gasteiger partial charge in [-0.15, -0.1) is 0 Å². The van der Waals surface area contributed by atoms with Crippen LogP contribution in [-0.2, 0) is 14.8 Å². The van der Waals surface area contributed by atoms with E-state index in [9.17, 15) is 13.2 Å². The molecule has 25 heavy (non-hydrogen) atoms. The molecule has 1 aliphatic rings. The molecule has 1 amide bonds. The van der Waals surface area contributed by atoms with Gasteiger partial charge in [-0.1, -0.05) is 0 Å². The lowest BCUT2D eigenvalue weighted by Crippen LogP contribution is -2.27. The third-order valence-electron chi connectivity index (χ3n) is 4.44. The van der Waals surface area contributed by atoms with E-state index >= 15 is 0 Å². The minimum absolute atomic E-state index is 0.176. The highest BCUT2D eigenvalue weighted by Crippen LogP contribution is 2.28. The van der Waals surface area contributed by atoms with Gasteiger partial charge in [0, 0.05) is 39.4 Å². The molecule has 7 heteroatoms. The molecule has 2 rings (SSSR count). The predicted molar refractivity (Wildman–Crippen MR) is 97.3 cm³/mol. The summed E-state index contributed by atoms with van der Waals surface area (Å²) in [6.07, 6.45) is 3.27. The number of nitrogens with zero attached hydrogens (tertiary/aromatic N) is 1. The molecule has 0 heterocycles. The topological polar surface area (TPSA) is 75.7 Å². The molecule has 0 unspecified atom stereocenters. The van der Waals surface area contributed by atoms with Crippen LogP contribution in [0.25, 0.3) is 0 Å². The molecular formula is C18H28N2O4S. The Bertz CT molecular complexity index is 725. The van der Waals surface area contributed by atoms with Crippen LogP contribution in [0.15, 0.2) is 17.0 Å². The molecule has 1 N–H and O–H groups in total. The van der Waals surface area contributed by atoms with E-state index in [0.29, 0.717) is 24.3 Å². The second kappa shape index (κ2) is 8.29. The van der Waals surface area contributed by atoms with Crippen LogP contribution < -0.4 is 5.32 Å². The first kappa shape index (κ1) is 19.9. The molecule has 0 bridgehead atoms. The van der Waals surface area contributed by atoms with Gasteiger partial charge in [0.2, 0.25) is 10.0 Å². The number of hydrogen-bond acceptors (Lipinski definition) is 4. The van der Waals surface area contributed by atoms with Gasteiger partial charge in [-0.25, -0.2) is 12.7 Å². The fraction of sp³-hybridized carbons (Fsp3) is 0.611. The molecule has 0 saturated heterocycles. The van der Waals surface area contributed by atoms with Crippen molar-refractivity contribution >= 4 is 15.9 Å². The van der Waals surface area contributed by atoms with E-state index in [2.05, 4.69) is 5.32 Å². The number of carbonyl (C=O) groups excluding carboxylic acids is 1. The van der Waals surface area contributed by atoms with Crippen LogP contribution >= 0.6 is 0 Å². The zero-order valence-electron chi connectivity index (χ0n) is 15.5. The number of amides is 1. The number of rotatable bonds is 9. The fourth-order valence-electron chi connectivity index (χ4n) is 2.44. The maximum Gasteiger partial charge on any atom is 0.251 e. The molecule has 0 spiro atoms. The zero-order valence-corrected chi connectivity index (χ0v) is 16.3. The van der Waals surface area contributed by atoms with E-state index in [1.165, 1.54) is 33.0 Å². The minimum atomic E-state index is -3.59. The van der Waals surface area contributed by atoms with Gasteiger partial charge in [0.25, 0.3) is 5.91 Å². The molecule has 0 radical (unpaired) electrons. The normalized spacial score (nSPS) is 14.8. The molecule has 6 nitrogen and oxygen atoms in total. The quantitative estimate of drug-likeness (QED) is 0.677. The molecule has 1 aliphatic carbocycles. The Morgan fingerprint density at radius 3 is 2.56 bits per heavy atom. The molecule has 1 fully saturated rings. The maximum atomic E-state index is 12.4. The number of benzene rings is 1. The van der Waals surface area contributed by atoms with E-state index in [0.717, 1.165) is 28.8 Å². The lowest BCUT2D eigenvalue weighted by Gasteiger charge is -2.16. The average Bonchev–Trinajstić information content (AvgIpc) is 3.36. The van der Waals surface area contributed by atoms with E-state index in [-0.39, 0.29) is 10.8 Å². The minimum Gasteiger partial charge on any atom is -0.381 e. The van der Waals surface area contributed by atoms with Gasteiger partial charge >= 0.3 is 0 Å². The average molecular weight is 368 g/mol. The van der Waals surface area contributed by atoms with E-state index < -0.39 is 10.0 Å². The standard InChI is InChI=1S/C18H28N2O4S/c1-13-10-16(11-17(14(13)2)25(22,23)20(3)4)18(21)19-8-5-9-24-12-15-6-7-15/h10-11,15H,5-9,12H2,1-4H3,(H,19,21). The Labute approximate surface area is 150 Å². The predicted octanol–water partition coefficient (Wildman–Crippen LogP) is 2.10. The maximum absolute atomic E-state index is 12.4. The third-order valence-corrected chi connectivity index (χ3v) is 6.38. The van der Waals surface area contributed by atoms with E-state index in [1.54, 1.807) is 13.0 Å². The summed E-state index contributed by atoms with van der Waals surface area (Å²) in [7, 11) is -0.618. The fourth-order valence-corrected chi connectivity index (χ4v) is 3.65. The number of aryl methyl sites for hydroxylation is 1. The molecule has 0 aromatic heterocycles. The highest BCUT2D eigenvalue weighted by Gasteiger charge is 2.23. The monoisotopic (exact) mass is 368 g/mol. The van der Waals surface area contributed by atoms with Crippen LogP contribution in [0.5, 0.6) is 0 Å². The first-order chi connectivity index (χ1) is 11.7. The first-order valence-corrected chi connectivity index (χ1v) is 10.1. The largest absolute Gasteiger partial charge is 0.381 e. The van der Waals surface area contributed by atoms with Gasteiger partial charge in [-0.05, 0) is 62.3 Å². The van der Waals surface area contributed by atoms with Gasteiger partial charge in [0.1, 0.15) is 0 Å². The number of sulfonamides is 1. The van der Waals surface area contributed by atoms with Gasteiger partial charge in [0.05, 0.1) is 4.90 Å². The molecule has 140 valence electrons. The van der Waals surface area contributed by atoms with Crippen LogP contribution in [-0.4, -0.2) is 52.5 Å². The molecule has 1 aromatic carbocycles. The summed E-state index contributed by atoms with van der Waals surface area (Å²) in [5, 5.41) is 2.83. The summed E-state index contributed by atoms with van der Waals surface area (Å²) in [5.41, 5.74) is 1.81. The van der Waals surface area contributed by atoms with Crippen molar-refractivity contribution in [1.82, 2.24) is 9.62 Å². The number of carbonyl (C=O) groups is 1. The van der Waals surface area contributed by atoms with E-state index in [1.807, 2.05) is 6.92 Å². The van der Waals surface area contributed by atoms with Crippen molar-refractivity contribution in [1.29, 1.82) is 0 Å². The van der Waals surface area contributed by atoms with Gasteiger partial charge in [0.15, 0.2) is 0 Å². The molecule has 0 aliphatic heterocycles. The summed E-state index contributed by atoms with van der Waals surface area (Å²) in [6.45, 7) is 5.52. The first-order valence-electron chi connectivity index (χ1n) is 8.63. The van der Waals surface area contributed by atoms with Crippen molar-refractivity contribution in [3.8, 4) is 0 Å². The van der Waals surface area contributed by atoms with E-state index in [4.69, 9.17) is 4.74 Å². The molecule has 0 atom stereocenters.